The Bertz CT molecular complexity index is 4130. The molecule has 13 aromatic rings. The highest BCUT2D eigenvalue weighted by Gasteiger charge is 2.36. The first kappa shape index (κ1) is 37.0. The zero-order valence-corrected chi connectivity index (χ0v) is 36.5. The van der Waals surface area contributed by atoms with E-state index in [-0.39, 0.29) is 5.41 Å². The Balaban J connectivity index is 0.872. The number of hydrogen-bond acceptors (Lipinski definition) is 3. The first-order valence-corrected chi connectivity index (χ1v) is 22.8. The maximum Gasteiger partial charge on any atom is 0.159 e. The minimum absolute atomic E-state index is 0.175. The van der Waals surface area contributed by atoms with E-state index in [1.165, 1.54) is 65.7 Å². The lowest BCUT2D eigenvalue weighted by Crippen LogP contribution is -2.15. The van der Waals surface area contributed by atoms with Crippen molar-refractivity contribution in [1.82, 2.24) is 0 Å². The molecule has 0 atom stereocenters. The molecule has 0 aliphatic heterocycles. The summed E-state index contributed by atoms with van der Waals surface area (Å²) in [7, 11) is 0. The van der Waals surface area contributed by atoms with Gasteiger partial charge >= 0.3 is 0 Å². The van der Waals surface area contributed by atoms with E-state index in [1.54, 1.807) is 0 Å². The number of hydrogen-bond donors (Lipinski definition) is 0. The fourth-order valence-electron chi connectivity index (χ4n) is 11.2. The summed E-state index contributed by atoms with van der Waals surface area (Å²) in [6.07, 6.45) is 0. The van der Waals surface area contributed by atoms with Crippen molar-refractivity contribution in [3.8, 4) is 33.4 Å². The van der Waals surface area contributed by atoms with Crippen molar-refractivity contribution < 1.29 is 8.83 Å². The summed E-state index contributed by atoms with van der Waals surface area (Å²) in [5.74, 6) is 0. The Labute approximate surface area is 381 Å². The van der Waals surface area contributed by atoms with Gasteiger partial charge in [0.05, 0.1) is 5.69 Å². The number of nitrogens with zero attached hydrogens (tertiary/aromatic N) is 1. The quantitative estimate of drug-likeness (QED) is 0.162. The smallest absolute Gasteiger partial charge is 0.159 e. The highest BCUT2D eigenvalue weighted by Crippen LogP contribution is 2.53. The average Bonchev–Trinajstić information content (AvgIpc) is 4.02. The molecule has 14 rings (SSSR count). The molecule has 0 spiro atoms. The molecular weight excluding hydrogens is 803 g/mol. The predicted molar refractivity (Wildman–Crippen MR) is 277 cm³/mol. The van der Waals surface area contributed by atoms with E-state index >= 15 is 0 Å². The highest BCUT2D eigenvalue weighted by atomic mass is 16.3. The van der Waals surface area contributed by atoms with Gasteiger partial charge in [0.1, 0.15) is 16.7 Å². The third kappa shape index (κ3) is 5.31. The van der Waals surface area contributed by atoms with Crippen LogP contribution in [0.2, 0.25) is 0 Å². The van der Waals surface area contributed by atoms with E-state index in [4.69, 9.17) is 8.83 Å². The van der Waals surface area contributed by atoms with E-state index in [2.05, 4.69) is 207 Å². The van der Waals surface area contributed by atoms with Gasteiger partial charge in [-0.05, 0) is 132 Å². The van der Waals surface area contributed by atoms with Crippen molar-refractivity contribution in [2.24, 2.45) is 0 Å². The monoisotopic (exact) mass is 843 g/mol. The SMILES string of the molecule is CC1(C)c2cc(-c3ccc(N(c4ccc(-c5cccc6c5oc5ccccc56)cc4)c4cccc5c4oc4ccccc45)cc3)ccc2-c2cc3c4ccccc4c4ccccc4c3cc21. The molecule has 0 saturated heterocycles. The molecule has 0 amide bonds. The van der Waals surface area contributed by atoms with Crippen LogP contribution in [-0.4, -0.2) is 0 Å². The van der Waals surface area contributed by atoms with Crippen LogP contribution >= 0.6 is 0 Å². The summed E-state index contributed by atoms with van der Waals surface area (Å²) >= 11 is 0. The summed E-state index contributed by atoms with van der Waals surface area (Å²) in [5.41, 5.74) is 16.3. The maximum atomic E-state index is 6.67. The standard InChI is InChI=1S/C63H41NO2/c1-63(2)56-35-40(29-34-48(56)55-36-53-46-15-5-3-13-44(46)45-14-4-6-16-47(45)54(53)37-57(55)63)38-25-30-41(31-26-38)64(58-22-12-21-52-50-18-8-10-24-60(50)66-62(52)58)42-32-27-39(28-33-42)43-19-11-20-51-49-17-7-9-23-59(49)65-61(43)51/h3-37H,1-2H3. The Hall–Kier alpha value is -8.40. The zero-order valence-electron chi connectivity index (χ0n) is 36.5. The summed E-state index contributed by atoms with van der Waals surface area (Å²) in [4.78, 5) is 2.32. The van der Waals surface area contributed by atoms with Crippen LogP contribution in [0.25, 0.3) is 110 Å². The third-order valence-electron chi connectivity index (χ3n) is 14.5. The Kier molecular flexibility index (Phi) is 7.74. The summed E-state index contributed by atoms with van der Waals surface area (Å²) in [6, 6.07) is 77.0. The van der Waals surface area contributed by atoms with Gasteiger partial charge in [0, 0.05) is 43.9 Å². The highest BCUT2D eigenvalue weighted by molar-refractivity contribution is 6.26. The lowest BCUT2D eigenvalue weighted by Gasteiger charge is -2.26. The van der Waals surface area contributed by atoms with Crippen molar-refractivity contribution in [1.29, 1.82) is 0 Å². The van der Waals surface area contributed by atoms with E-state index < -0.39 is 0 Å². The first-order chi connectivity index (χ1) is 32.5. The third-order valence-corrected chi connectivity index (χ3v) is 14.5. The topological polar surface area (TPSA) is 29.5 Å². The molecule has 66 heavy (non-hydrogen) atoms. The molecule has 0 fully saturated rings. The molecule has 3 nitrogen and oxygen atoms in total. The fraction of sp³-hybridized carbons (Fsp3) is 0.0476. The number of anilines is 3. The molecule has 11 aromatic carbocycles. The lowest BCUT2D eigenvalue weighted by molar-refractivity contribution is 0.661. The van der Waals surface area contributed by atoms with Gasteiger partial charge in [-0.3, -0.25) is 0 Å². The zero-order chi connectivity index (χ0) is 43.7. The van der Waals surface area contributed by atoms with E-state index in [1.807, 2.05) is 24.3 Å². The van der Waals surface area contributed by atoms with Crippen molar-refractivity contribution >= 4 is 93.3 Å². The molecule has 2 heterocycles. The van der Waals surface area contributed by atoms with Gasteiger partial charge in [-0.25, -0.2) is 0 Å². The van der Waals surface area contributed by atoms with Gasteiger partial charge in [0.25, 0.3) is 0 Å². The van der Waals surface area contributed by atoms with Crippen molar-refractivity contribution in [2.75, 3.05) is 4.90 Å². The van der Waals surface area contributed by atoms with Crippen LogP contribution < -0.4 is 4.90 Å². The minimum atomic E-state index is -0.175. The largest absolute Gasteiger partial charge is 0.455 e. The molecule has 2 aromatic heterocycles. The second-order valence-electron chi connectivity index (χ2n) is 18.4. The number of fused-ring (bicyclic) bond motifs is 15. The second kappa shape index (κ2) is 13.8. The van der Waals surface area contributed by atoms with Gasteiger partial charge in [-0.15, -0.1) is 0 Å². The molecule has 3 heteroatoms. The summed E-state index contributed by atoms with van der Waals surface area (Å²) < 4.78 is 13.1. The molecule has 1 aliphatic carbocycles. The van der Waals surface area contributed by atoms with Crippen LogP contribution in [0.5, 0.6) is 0 Å². The fourth-order valence-corrected chi connectivity index (χ4v) is 11.2. The Morgan fingerprint density at radius 3 is 1.42 bits per heavy atom. The van der Waals surface area contributed by atoms with Crippen molar-refractivity contribution in [2.45, 2.75) is 19.3 Å². The Morgan fingerprint density at radius 1 is 0.318 bits per heavy atom. The van der Waals surface area contributed by atoms with Gasteiger partial charge < -0.3 is 13.7 Å². The summed E-state index contributed by atoms with van der Waals surface area (Å²) in [5, 5.41) is 12.3. The normalized spacial score (nSPS) is 13.1. The summed E-state index contributed by atoms with van der Waals surface area (Å²) in [6.45, 7) is 4.77. The van der Waals surface area contributed by atoms with Gasteiger partial charge in [0.15, 0.2) is 5.58 Å². The minimum Gasteiger partial charge on any atom is -0.455 e. The number of benzene rings is 11. The van der Waals surface area contributed by atoms with E-state index in [0.717, 1.165) is 72.1 Å². The van der Waals surface area contributed by atoms with Crippen LogP contribution in [-0.2, 0) is 5.41 Å². The number of rotatable bonds is 5. The van der Waals surface area contributed by atoms with Crippen molar-refractivity contribution in [3.05, 3.63) is 223 Å². The van der Waals surface area contributed by atoms with Crippen LogP contribution in [0.15, 0.2) is 221 Å². The Morgan fingerprint density at radius 2 is 0.788 bits per heavy atom. The molecule has 0 radical (unpaired) electrons. The molecule has 0 unspecified atom stereocenters. The first-order valence-electron chi connectivity index (χ1n) is 22.8. The molecular formula is C63H41NO2. The van der Waals surface area contributed by atoms with Gasteiger partial charge in [-0.2, -0.15) is 0 Å². The molecule has 0 saturated carbocycles. The molecule has 0 N–H and O–H groups in total. The van der Waals surface area contributed by atoms with E-state index in [0.29, 0.717) is 0 Å². The van der Waals surface area contributed by atoms with Crippen LogP contribution in [0.4, 0.5) is 17.1 Å². The van der Waals surface area contributed by atoms with Crippen LogP contribution in [0.1, 0.15) is 25.0 Å². The molecule has 1 aliphatic rings. The van der Waals surface area contributed by atoms with Crippen LogP contribution in [0, 0.1) is 0 Å². The molecule has 310 valence electrons. The van der Waals surface area contributed by atoms with Gasteiger partial charge in [0.2, 0.25) is 0 Å². The van der Waals surface area contributed by atoms with Crippen LogP contribution in [0.3, 0.4) is 0 Å². The average molecular weight is 844 g/mol. The molecule has 0 bridgehead atoms. The van der Waals surface area contributed by atoms with Gasteiger partial charge in [-0.1, -0.05) is 166 Å². The number of furan rings is 2. The number of para-hydroxylation sites is 4. The lowest BCUT2D eigenvalue weighted by atomic mass is 9.80. The second-order valence-corrected chi connectivity index (χ2v) is 18.4. The maximum absolute atomic E-state index is 6.67. The van der Waals surface area contributed by atoms with Crippen molar-refractivity contribution in [3.63, 3.8) is 0 Å². The predicted octanol–water partition coefficient (Wildman–Crippen LogP) is 18.1. The van der Waals surface area contributed by atoms with E-state index in [9.17, 15) is 0 Å².